The average Bonchev–Trinajstić information content (AvgIpc) is 3.30. The van der Waals surface area contributed by atoms with Gasteiger partial charge in [0.25, 0.3) is 5.56 Å². The maximum atomic E-state index is 14.5. The van der Waals surface area contributed by atoms with E-state index in [0.29, 0.717) is 18.6 Å². The molecule has 0 amide bonds. The van der Waals surface area contributed by atoms with Crippen molar-refractivity contribution < 1.29 is 13.3 Å². The summed E-state index contributed by atoms with van der Waals surface area (Å²) in [6.45, 7) is 1.33. The fraction of sp³-hybridized carbons (Fsp3) is 0.250. The molecule has 1 fully saturated rings. The number of nitriles is 1. The molecule has 1 unspecified atom stereocenters. The first-order valence-corrected chi connectivity index (χ1v) is 10.6. The van der Waals surface area contributed by atoms with E-state index in [1.165, 1.54) is 31.3 Å². The lowest BCUT2D eigenvalue weighted by Gasteiger charge is -2.17. The number of hydrogen-bond acceptors (Lipinski definition) is 5. The first kappa shape index (κ1) is 20.8. The Bertz CT molecular complexity index is 1350. The van der Waals surface area contributed by atoms with Gasteiger partial charge in [-0.05, 0) is 43.2 Å². The van der Waals surface area contributed by atoms with Gasteiger partial charge in [-0.2, -0.15) is 5.26 Å². The van der Waals surface area contributed by atoms with Gasteiger partial charge in [0.1, 0.15) is 17.4 Å². The summed E-state index contributed by atoms with van der Waals surface area (Å²) in [5.74, 6) is -1.04. The van der Waals surface area contributed by atoms with Crippen molar-refractivity contribution in [2.24, 2.45) is 7.05 Å². The van der Waals surface area contributed by atoms with Crippen LogP contribution in [0.1, 0.15) is 18.4 Å². The van der Waals surface area contributed by atoms with Crippen LogP contribution in [0.5, 0.6) is 11.5 Å². The van der Waals surface area contributed by atoms with Crippen LogP contribution < -0.4 is 20.7 Å². The zero-order chi connectivity index (χ0) is 22.1. The van der Waals surface area contributed by atoms with Crippen molar-refractivity contribution in [3.63, 3.8) is 0 Å². The van der Waals surface area contributed by atoms with Crippen LogP contribution in [0, 0.1) is 17.1 Å². The van der Waals surface area contributed by atoms with Crippen molar-refractivity contribution in [2.75, 3.05) is 17.8 Å². The first-order valence-electron chi connectivity index (χ1n) is 9.46. The third-order valence-corrected chi connectivity index (χ3v) is 6.24. The van der Waals surface area contributed by atoms with E-state index in [1.807, 2.05) is 6.07 Å². The van der Waals surface area contributed by atoms with Gasteiger partial charge in [-0.15, -0.1) is 0 Å². The number of aromatic nitrogens is 2. The standard InChI is InChI=1S/C20H18FN5O4S/c1-25-19(27)13-10-12(4-6-16(13)23-20(25)28)30-18-14(11-22)17(7-5-15(18)21)24-31(29)26-8-2-3-9-26/h4-7,10,24H,2-3,8-9H2,1H3,(H,23,28). The van der Waals surface area contributed by atoms with Gasteiger partial charge in [0.2, 0.25) is 0 Å². The normalized spacial score (nSPS) is 15.0. The van der Waals surface area contributed by atoms with Gasteiger partial charge >= 0.3 is 5.69 Å². The molecule has 2 N–H and O–H groups in total. The van der Waals surface area contributed by atoms with Gasteiger partial charge in [0.05, 0.1) is 16.6 Å². The Balaban J connectivity index is 1.71. The minimum atomic E-state index is -1.57. The molecule has 2 aromatic carbocycles. The summed E-state index contributed by atoms with van der Waals surface area (Å²) in [6.07, 6.45) is 1.87. The molecule has 0 aliphatic carbocycles. The SMILES string of the molecule is Cn1c(=O)[nH]c2ccc(Oc3c(F)ccc(NS(=O)N4CCCC4)c3C#N)cc2c1=O. The van der Waals surface area contributed by atoms with Crippen LogP contribution in [0.3, 0.4) is 0 Å². The number of anilines is 1. The molecule has 1 aromatic heterocycles. The summed E-state index contributed by atoms with van der Waals surface area (Å²) in [7, 11) is 1.33. The molecule has 1 aliphatic rings. The lowest BCUT2D eigenvalue weighted by Crippen LogP contribution is -2.32. The van der Waals surface area contributed by atoms with Crippen molar-refractivity contribution in [3.8, 4) is 17.6 Å². The van der Waals surface area contributed by atoms with Crippen molar-refractivity contribution in [1.29, 1.82) is 5.26 Å². The maximum Gasteiger partial charge on any atom is 0.328 e. The minimum Gasteiger partial charge on any atom is -0.453 e. The lowest BCUT2D eigenvalue weighted by molar-refractivity contribution is 0.441. The quantitative estimate of drug-likeness (QED) is 0.626. The number of nitrogens with zero attached hydrogens (tertiary/aromatic N) is 3. The van der Waals surface area contributed by atoms with Gasteiger partial charge in [-0.25, -0.2) is 17.7 Å². The second-order valence-electron chi connectivity index (χ2n) is 7.00. The van der Waals surface area contributed by atoms with Crippen molar-refractivity contribution >= 4 is 27.8 Å². The Hall–Kier alpha value is -3.49. The van der Waals surface area contributed by atoms with Gasteiger partial charge < -0.3 is 9.72 Å². The number of hydrogen-bond donors (Lipinski definition) is 2. The fourth-order valence-corrected chi connectivity index (χ4v) is 4.41. The Morgan fingerprint density at radius 2 is 1.97 bits per heavy atom. The summed E-state index contributed by atoms with van der Waals surface area (Å²) in [6, 6.07) is 8.59. The molecule has 2 heterocycles. The molecule has 0 radical (unpaired) electrons. The molecule has 31 heavy (non-hydrogen) atoms. The minimum absolute atomic E-state index is 0.102. The summed E-state index contributed by atoms with van der Waals surface area (Å²) in [5.41, 5.74) is -0.777. The molecule has 11 heteroatoms. The molecule has 1 saturated heterocycles. The summed E-state index contributed by atoms with van der Waals surface area (Å²) in [5, 5.41) is 9.79. The molecule has 0 spiro atoms. The van der Waals surface area contributed by atoms with Crippen molar-refractivity contribution in [3.05, 3.63) is 62.6 Å². The third kappa shape index (κ3) is 3.95. The van der Waals surface area contributed by atoms with Gasteiger partial charge in [0.15, 0.2) is 22.7 Å². The number of ether oxygens (including phenoxy) is 1. The Morgan fingerprint density at radius 3 is 2.68 bits per heavy atom. The number of H-pyrrole nitrogens is 1. The lowest BCUT2D eigenvalue weighted by atomic mass is 10.1. The topological polar surface area (TPSA) is 120 Å². The van der Waals surface area contributed by atoms with Gasteiger partial charge in [0, 0.05) is 20.1 Å². The predicted octanol–water partition coefficient (Wildman–Crippen LogP) is 2.12. The van der Waals surface area contributed by atoms with Crippen LogP contribution in [0.25, 0.3) is 10.9 Å². The molecule has 9 nitrogen and oxygen atoms in total. The monoisotopic (exact) mass is 443 g/mol. The first-order chi connectivity index (χ1) is 14.9. The van der Waals surface area contributed by atoms with E-state index in [4.69, 9.17) is 4.74 Å². The molecule has 0 saturated carbocycles. The van der Waals surface area contributed by atoms with E-state index >= 15 is 0 Å². The molecular formula is C20H18FN5O4S. The van der Waals surface area contributed by atoms with Gasteiger partial charge in [-0.1, -0.05) is 0 Å². The number of fused-ring (bicyclic) bond motifs is 1. The zero-order valence-corrected chi connectivity index (χ0v) is 17.3. The third-order valence-electron chi connectivity index (χ3n) is 5.01. The second kappa shape index (κ2) is 8.33. The highest BCUT2D eigenvalue weighted by molar-refractivity contribution is 7.84. The summed E-state index contributed by atoms with van der Waals surface area (Å²) in [4.78, 5) is 26.6. The van der Waals surface area contributed by atoms with Crippen LogP contribution in [-0.4, -0.2) is 31.2 Å². The molecule has 1 aliphatic heterocycles. The van der Waals surface area contributed by atoms with E-state index in [1.54, 1.807) is 4.31 Å². The van der Waals surface area contributed by atoms with Crippen LogP contribution in [0.15, 0.2) is 39.9 Å². The number of rotatable bonds is 5. The Kier molecular flexibility index (Phi) is 5.58. The van der Waals surface area contributed by atoms with Crippen LogP contribution in [-0.2, 0) is 18.2 Å². The highest BCUT2D eigenvalue weighted by Gasteiger charge is 2.22. The molecule has 0 bridgehead atoms. The molecular weight excluding hydrogens is 425 g/mol. The fourth-order valence-electron chi connectivity index (χ4n) is 3.33. The Labute approximate surface area is 178 Å². The summed E-state index contributed by atoms with van der Waals surface area (Å²) < 4.78 is 38.0. The summed E-state index contributed by atoms with van der Waals surface area (Å²) >= 11 is -1.57. The van der Waals surface area contributed by atoms with E-state index in [9.17, 15) is 23.5 Å². The van der Waals surface area contributed by atoms with E-state index in [2.05, 4.69) is 9.71 Å². The molecule has 160 valence electrons. The van der Waals surface area contributed by atoms with Gasteiger partial charge in [-0.3, -0.25) is 14.1 Å². The Morgan fingerprint density at radius 1 is 1.23 bits per heavy atom. The largest absolute Gasteiger partial charge is 0.453 e. The van der Waals surface area contributed by atoms with Crippen LogP contribution in [0.2, 0.25) is 0 Å². The second-order valence-corrected chi connectivity index (χ2v) is 8.22. The molecule has 1 atom stereocenters. The number of nitrogens with one attached hydrogen (secondary N) is 2. The van der Waals surface area contributed by atoms with E-state index in [0.717, 1.165) is 23.5 Å². The zero-order valence-electron chi connectivity index (χ0n) is 16.5. The van der Waals surface area contributed by atoms with Crippen molar-refractivity contribution in [2.45, 2.75) is 12.8 Å². The maximum absolute atomic E-state index is 14.5. The van der Waals surface area contributed by atoms with E-state index in [-0.39, 0.29) is 28.1 Å². The predicted molar refractivity (Wildman–Crippen MR) is 114 cm³/mol. The molecule has 4 rings (SSSR count). The molecule has 3 aromatic rings. The highest BCUT2D eigenvalue weighted by Crippen LogP contribution is 2.34. The smallest absolute Gasteiger partial charge is 0.328 e. The highest BCUT2D eigenvalue weighted by atomic mass is 32.2. The number of benzene rings is 2. The number of aromatic amines is 1. The van der Waals surface area contributed by atoms with Crippen LogP contribution >= 0.6 is 0 Å². The number of halogens is 1. The average molecular weight is 443 g/mol. The van der Waals surface area contributed by atoms with Crippen molar-refractivity contribution in [1.82, 2.24) is 13.9 Å². The van der Waals surface area contributed by atoms with E-state index < -0.39 is 28.2 Å². The van der Waals surface area contributed by atoms with Crippen LogP contribution in [0.4, 0.5) is 10.1 Å².